The molecular weight excluding hydrogens is 250 g/mol. The summed E-state index contributed by atoms with van der Waals surface area (Å²) >= 11 is 0. The zero-order valence-corrected chi connectivity index (χ0v) is 12.2. The summed E-state index contributed by atoms with van der Waals surface area (Å²) in [6, 6.07) is 7.16. The molecule has 0 atom stereocenters. The summed E-state index contributed by atoms with van der Waals surface area (Å²) < 4.78 is 5.21. The number of hydrogen-bond donors (Lipinski definition) is 1. The fraction of sp³-hybridized carbons (Fsp3) is 0.471. The number of fused-ring (bicyclic) bond motifs is 1. The van der Waals surface area contributed by atoms with Crippen molar-refractivity contribution in [3.05, 3.63) is 40.2 Å². The molecule has 0 saturated heterocycles. The Morgan fingerprint density at radius 2 is 1.75 bits per heavy atom. The Balaban J connectivity index is 2.03. The van der Waals surface area contributed by atoms with Crippen LogP contribution in [-0.4, -0.2) is 0 Å². The summed E-state index contributed by atoms with van der Waals surface area (Å²) in [5.74, 6) is 0. The van der Waals surface area contributed by atoms with Crippen molar-refractivity contribution in [2.24, 2.45) is 0 Å². The topological polar surface area (TPSA) is 56.2 Å². The predicted octanol–water partition coefficient (Wildman–Crippen LogP) is 4.28. The van der Waals surface area contributed by atoms with Crippen LogP contribution in [0.2, 0.25) is 0 Å². The molecule has 20 heavy (non-hydrogen) atoms. The molecule has 3 heteroatoms. The van der Waals surface area contributed by atoms with E-state index in [2.05, 4.69) is 6.92 Å². The van der Waals surface area contributed by atoms with E-state index < -0.39 is 0 Å². The van der Waals surface area contributed by atoms with E-state index in [0.717, 1.165) is 11.8 Å². The predicted molar refractivity (Wildman–Crippen MR) is 84.0 cm³/mol. The highest BCUT2D eigenvalue weighted by Crippen LogP contribution is 2.24. The molecule has 0 bridgehead atoms. The number of unbranched alkanes of at least 4 members (excludes halogenated alkanes) is 5. The van der Waals surface area contributed by atoms with Gasteiger partial charge >= 0.3 is 5.63 Å². The van der Waals surface area contributed by atoms with Gasteiger partial charge in [0.2, 0.25) is 0 Å². The minimum atomic E-state index is -0.346. The van der Waals surface area contributed by atoms with E-state index in [9.17, 15) is 4.79 Å². The minimum Gasteiger partial charge on any atom is -0.420 e. The molecular formula is C17H23NO2. The normalized spacial score (nSPS) is 11.1. The highest BCUT2D eigenvalue weighted by Gasteiger charge is 2.06. The van der Waals surface area contributed by atoms with Crippen molar-refractivity contribution in [2.75, 3.05) is 5.73 Å². The lowest BCUT2D eigenvalue weighted by atomic mass is 10.0. The summed E-state index contributed by atoms with van der Waals surface area (Å²) in [6.45, 7) is 2.23. The molecule has 0 fully saturated rings. The third-order valence-electron chi connectivity index (χ3n) is 3.71. The molecule has 0 aliphatic rings. The molecule has 1 heterocycles. The quantitative estimate of drug-likeness (QED) is 0.465. The van der Waals surface area contributed by atoms with Gasteiger partial charge in [-0.1, -0.05) is 45.1 Å². The zero-order valence-electron chi connectivity index (χ0n) is 12.2. The molecule has 1 aromatic carbocycles. The monoisotopic (exact) mass is 273 g/mol. The number of nitrogens with two attached hydrogens (primary N) is 1. The van der Waals surface area contributed by atoms with E-state index >= 15 is 0 Å². The first kappa shape index (κ1) is 14.6. The van der Waals surface area contributed by atoms with Crippen LogP contribution in [0.4, 0.5) is 5.69 Å². The number of rotatable bonds is 7. The van der Waals surface area contributed by atoms with Crippen LogP contribution in [0.5, 0.6) is 0 Å². The maximum atomic E-state index is 11.3. The SMILES string of the molecule is CCCCCCCCc1ccc(N)c2oc(=O)ccc12. The molecule has 108 valence electrons. The summed E-state index contributed by atoms with van der Waals surface area (Å²) in [5, 5.41) is 0.971. The van der Waals surface area contributed by atoms with Gasteiger partial charge in [0.15, 0.2) is 5.58 Å². The van der Waals surface area contributed by atoms with Crippen molar-refractivity contribution in [1.29, 1.82) is 0 Å². The maximum Gasteiger partial charge on any atom is 0.336 e. The van der Waals surface area contributed by atoms with Gasteiger partial charge in [-0.15, -0.1) is 0 Å². The van der Waals surface area contributed by atoms with E-state index in [4.69, 9.17) is 10.2 Å². The molecule has 0 unspecified atom stereocenters. The van der Waals surface area contributed by atoms with E-state index in [1.807, 2.05) is 18.2 Å². The fourth-order valence-corrected chi connectivity index (χ4v) is 2.55. The van der Waals surface area contributed by atoms with Gasteiger partial charge < -0.3 is 10.2 Å². The summed E-state index contributed by atoms with van der Waals surface area (Å²) in [7, 11) is 0. The number of nitrogen functional groups attached to an aromatic ring is 1. The molecule has 0 saturated carbocycles. The Morgan fingerprint density at radius 3 is 2.55 bits per heavy atom. The van der Waals surface area contributed by atoms with Crippen LogP contribution in [0.1, 0.15) is 51.0 Å². The molecule has 0 radical (unpaired) electrons. The van der Waals surface area contributed by atoms with E-state index in [1.54, 1.807) is 0 Å². The van der Waals surface area contributed by atoms with Crippen LogP contribution in [0.25, 0.3) is 11.0 Å². The smallest absolute Gasteiger partial charge is 0.336 e. The Kier molecular flexibility index (Phi) is 5.22. The van der Waals surface area contributed by atoms with Gasteiger partial charge in [0.1, 0.15) is 0 Å². The van der Waals surface area contributed by atoms with Crippen molar-refractivity contribution in [2.45, 2.75) is 51.9 Å². The van der Waals surface area contributed by atoms with E-state index in [1.165, 1.54) is 50.2 Å². The van der Waals surface area contributed by atoms with Gasteiger partial charge in [0.05, 0.1) is 5.69 Å². The second-order valence-corrected chi connectivity index (χ2v) is 5.33. The van der Waals surface area contributed by atoms with Gasteiger partial charge in [0.25, 0.3) is 0 Å². The summed E-state index contributed by atoms with van der Waals surface area (Å²) in [4.78, 5) is 11.3. The lowest BCUT2D eigenvalue weighted by molar-refractivity contribution is 0.561. The van der Waals surface area contributed by atoms with E-state index in [-0.39, 0.29) is 5.63 Å². The first-order valence-corrected chi connectivity index (χ1v) is 7.53. The molecule has 1 aromatic heterocycles. The fourth-order valence-electron chi connectivity index (χ4n) is 2.55. The van der Waals surface area contributed by atoms with Gasteiger partial charge in [0, 0.05) is 11.5 Å². The molecule has 0 aliphatic heterocycles. The Bertz CT molecular complexity index is 616. The Labute approximate surface area is 119 Å². The molecule has 0 amide bonds. The van der Waals surface area contributed by atoms with Crippen molar-refractivity contribution in [1.82, 2.24) is 0 Å². The third-order valence-corrected chi connectivity index (χ3v) is 3.71. The molecule has 2 aromatic rings. The third kappa shape index (κ3) is 3.62. The summed E-state index contributed by atoms with van der Waals surface area (Å²) in [5.41, 5.74) is 7.80. The van der Waals surface area contributed by atoms with Gasteiger partial charge in [-0.05, 0) is 30.5 Å². The Morgan fingerprint density at radius 1 is 1.00 bits per heavy atom. The van der Waals surface area contributed by atoms with Crippen molar-refractivity contribution in [3.63, 3.8) is 0 Å². The number of aryl methyl sites for hydroxylation is 1. The largest absolute Gasteiger partial charge is 0.420 e. The average Bonchev–Trinajstić information content (AvgIpc) is 2.45. The lowest BCUT2D eigenvalue weighted by Crippen LogP contribution is -1.99. The molecule has 2 rings (SSSR count). The highest BCUT2D eigenvalue weighted by atomic mass is 16.4. The van der Waals surface area contributed by atoms with Crippen molar-refractivity contribution >= 4 is 16.7 Å². The maximum absolute atomic E-state index is 11.3. The minimum absolute atomic E-state index is 0.346. The van der Waals surface area contributed by atoms with Crippen molar-refractivity contribution < 1.29 is 4.42 Å². The van der Waals surface area contributed by atoms with E-state index in [0.29, 0.717) is 11.3 Å². The highest BCUT2D eigenvalue weighted by molar-refractivity contribution is 5.89. The van der Waals surface area contributed by atoms with Crippen LogP contribution in [-0.2, 0) is 6.42 Å². The first-order valence-electron chi connectivity index (χ1n) is 7.53. The second-order valence-electron chi connectivity index (χ2n) is 5.33. The molecule has 2 N–H and O–H groups in total. The molecule has 0 spiro atoms. The van der Waals surface area contributed by atoms with Crippen LogP contribution in [0, 0.1) is 0 Å². The van der Waals surface area contributed by atoms with Crippen LogP contribution in [0.3, 0.4) is 0 Å². The van der Waals surface area contributed by atoms with Gasteiger partial charge in [-0.3, -0.25) is 0 Å². The second kappa shape index (κ2) is 7.13. The van der Waals surface area contributed by atoms with Crippen LogP contribution in [0.15, 0.2) is 33.5 Å². The van der Waals surface area contributed by atoms with Crippen molar-refractivity contribution in [3.8, 4) is 0 Å². The molecule has 3 nitrogen and oxygen atoms in total. The van der Waals surface area contributed by atoms with Gasteiger partial charge in [-0.25, -0.2) is 4.79 Å². The zero-order chi connectivity index (χ0) is 14.4. The standard InChI is InChI=1S/C17H23NO2/c1-2-3-4-5-6-7-8-13-9-11-15(18)17-14(13)10-12-16(19)20-17/h9-12H,2-8,18H2,1H3. The summed E-state index contributed by atoms with van der Waals surface area (Å²) in [6.07, 6.45) is 8.67. The Hall–Kier alpha value is -1.77. The molecule has 0 aliphatic carbocycles. The average molecular weight is 273 g/mol. The number of benzene rings is 1. The first-order chi connectivity index (χ1) is 9.72. The number of hydrogen-bond acceptors (Lipinski definition) is 3. The number of anilines is 1. The lowest BCUT2D eigenvalue weighted by Gasteiger charge is -2.07. The van der Waals surface area contributed by atoms with Crippen LogP contribution >= 0.6 is 0 Å². The van der Waals surface area contributed by atoms with Crippen LogP contribution < -0.4 is 11.4 Å². The van der Waals surface area contributed by atoms with Gasteiger partial charge in [-0.2, -0.15) is 0 Å².